The van der Waals surface area contributed by atoms with Gasteiger partial charge in [-0.25, -0.2) is 0 Å². The Hall–Kier alpha value is -2.82. The van der Waals surface area contributed by atoms with E-state index in [4.69, 9.17) is 9.47 Å². The molecule has 1 amide bonds. The molecule has 190 valence electrons. The van der Waals surface area contributed by atoms with Crippen LogP contribution in [0.5, 0.6) is 5.75 Å². The average Bonchev–Trinajstić information content (AvgIpc) is 2.86. The normalized spacial score (nSPS) is 17.9. The Labute approximate surface area is 203 Å². The second-order valence-electron chi connectivity index (χ2n) is 8.66. The van der Waals surface area contributed by atoms with Gasteiger partial charge in [-0.2, -0.15) is 13.2 Å². The largest absolute Gasteiger partial charge is 0.492 e. The summed E-state index contributed by atoms with van der Waals surface area (Å²) in [5.74, 6) is 0.522. The predicted octanol–water partition coefficient (Wildman–Crippen LogP) is 3.18. The maximum Gasteiger partial charge on any atom is 0.416 e. The van der Waals surface area contributed by atoms with Crippen molar-refractivity contribution in [2.75, 3.05) is 82.4 Å². The van der Waals surface area contributed by atoms with Gasteiger partial charge in [0.15, 0.2) is 0 Å². The van der Waals surface area contributed by atoms with Gasteiger partial charge >= 0.3 is 6.18 Å². The van der Waals surface area contributed by atoms with E-state index >= 15 is 0 Å². The number of ether oxygens (including phenoxy) is 2. The third-order valence-corrected chi connectivity index (χ3v) is 6.20. The molecule has 0 unspecified atom stereocenters. The molecule has 0 radical (unpaired) electrons. The summed E-state index contributed by atoms with van der Waals surface area (Å²) < 4.78 is 51.0. The summed E-state index contributed by atoms with van der Waals surface area (Å²) in [6.07, 6.45) is -4.48. The van der Waals surface area contributed by atoms with E-state index in [9.17, 15) is 18.0 Å². The Morgan fingerprint density at radius 3 is 2.31 bits per heavy atom. The van der Waals surface area contributed by atoms with Crippen molar-refractivity contribution in [2.24, 2.45) is 0 Å². The van der Waals surface area contributed by atoms with Gasteiger partial charge in [-0.1, -0.05) is 18.2 Å². The van der Waals surface area contributed by atoms with Crippen LogP contribution < -0.4 is 15.0 Å². The molecule has 0 saturated carbocycles. The first kappa shape index (κ1) is 25.3. The van der Waals surface area contributed by atoms with Crippen molar-refractivity contribution in [3.63, 3.8) is 0 Å². The molecule has 0 aromatic heterocycles. The lowest BCUT2D eigenvalue weighted by Crippen LogP contribution is -2.49. The second-order valence-corrected chi connectivity index (χ2v) is 8.66. The molecule has 0 spiro atoms. The van der Waals surface area contributed by atoms with Crippen molar-refractivity contribution in [1.82, 2.24) is 9.80 Å². The van der Waals surface area contributed by atoms with Gasteiger partial charge in [0.25, 0.3) is 0 Å². The molecule has 7 nitrogen and oxygen atoms in total. The summed E-state index contributed by atoms with van der Waals surface area (Å²) >= 11 is 0. The number of benzene rings is 2. The Kier molecular flexibility index (Phi) is 8.48. The van der Waals surface area contributed by atoms with Crippen LogP contribution in [0.4, 0.5) is 24.5 Å². The van der Waals surface area contributed by atoms with Crippen LogP contribution in [0.15, 0.2) is 48.5 Å². The Balaban J connectivity index is 1.28. The van der Waals surface area contributed by atoms with E-state index in [0.29, 0.717) is 51.7 Å². The molecule has 2 aliphatic heterocycles. The highest BCUT2D eigenvalue weighted by atomic mass is 19.4. The maximum atomic E-state index is 13.3. The molecule has 35 heavy (non-hydrogen) atoms. The zero-order valence-electron chi connectivity index (χ0n) is 19.6. The van der Waals surface area contributed by atoms with Crippen LogP contribution in [-0.4, -0.2) is 87.9 Å². The number of rotatable bonds is 8. The molecule has 2 fully saturated rings. The molecule has 0 atom stereocenters. The highest BCUT2D eigenvalue weighted by Gasteiger charge is 2.32. The molecule has 2 heterocycles. The number of amides is 1. The quantitative estimate of drug-likeness (QED) is 0.611. The van der Waals surface area contributed by atoms with Crippen molar-refractivity contribution in [3.8, 4) is 5.75 Å². The van der Waals surface area contributed by atoms with E-state index in [1.165, 1.54) is 6.07 Å². The number of anilines is 2. The number of nitrogens with one attached hydrogen (secondary N) is 1. The number of carbonyl (C=O) groups is 1. The zero-order chi connectivity index (χ0) is 24.7. The summed E-state index contributed by atoms with van der Waals surface area (Å²) in [5.41, 5.74) is -0.0162. The van der Waals surface area contributed by atoms with Crippen molar-refractivity contribution >= 4 is 17.3 Å². The van der Waals surface area contributed by atoms with Crippen LogP contribution >= 0.6 is 0 Å². The van der Waals surface area contributed by atoms with Gasteiger partial charge in [0, 0.05) is 45.8 Å². The van der Waals surface area contributed by atoms with Crippen molar-refractivity contribution in [3.05, 3.63) is 54.1 Å². The summed E-state index contributed by atoms with van der Waals surface area (Å²) in [6, 6.07) is 13.2. The van der Waals surface area contributed by atoms with Gasteiger partial charge in [-0.3, -0.25) is 14.6 Å². The minimum Gasteiger partial charge on any atom is -0.492 e. The molecular formula is C25H31F3N4O3. The molecule has 2 saturated heterocycles. The third-order valence-electron chi connectivity index (χ3n) is 6.20. The smallest absolute Gasteiger partial charge is 0.416 e. The fourth-order valence-corrected chi connectivity index (χ4v) is 4.27. The first-order valence-electron chi connectivity index (χ1n) is 11.8. The molecular weight excluding hydrogens is 461 g/mol. The maximum absolute atomic E-state index is 13.3. The topological polar surface area (TPSA) is 57.3 Å². The highest BCUT2D eigenvalue weighted by Crippen LogP contribution is 2.35. The van der Waals surface area contributed by atoms with Crippen molar-refractivity contribution < 1.29 is 27.4 Å². The number of morpholine rings is 1. The first-order valence-corrected chi connectivity index (χ1v) is 11.8. The highest BCUT2D eigenvalue weighted by molar-refractivity contribution is 5.95. The van der Waals surface area contributed by atoms with E-state index in [1.54, 1.807) is 0 Å². The second kappa shape index (κ2) is 11.7. The monoisotopic (exact) mass is 492 g/mol. The lowest BCUT2D eigenvalue weighted by Gasteiger charge is -2.34. The lowest BCUT2D eigenvalue weighted by molar-refractivity contribution is -0.137. The van der Waals surface area contributed by atoms with E-state index in [1.807, 2.05) is 40.1 Å². The Morgan fingerprint density at radius 2 is 1.63 bits per heavy atom. The van der Waals surface area contributed by atoms with Crippen LogP contribution in [0.3, 0.4) is 0 Å². The molecule has 4 rings (SSSR count). The van der Waals surface area contributed by atoms with Crippen molar-refractivity contribution in [1.29, 1.82) is 0 Å². The zero-order valence-corrected chi connectivity index (χ0v) is 19.6. The SMILES string of the molecule is O=C(CN1CCN(CCOc2ccccc2)CC1)Nc1cc(C(F)(F)F)ccc1N1CCOCC1. The molecule has 2 aromatic rings. The first-order chi connectivity index (χ1) is 16.9. The van der Waals surface area contributed by atoms with Gasteiger partial charge in [0.1, 0.15) is 12.4 Å². The minimum atomic E-state index is -4.48. The number of nitrogens with zero attached hydrogens (tertiary/aromatic N) is 3. The van der Waals surface area contributed by atoms with Crippen LogP contribution in [0.2, 0.25) is 0 Å². The van der Waals surface area contributed by atoms with E-state index in [2.05, 4.69) is 10.2 Å². The van der Waals surface area contributed by atoms with Crippen LogP contribution in [-0.2, 0) is 15.7 Å². The number of carbonyl (C=O) groups excluding carboxylic acids is 1. The van der Waals surface area contributed by atoms with Crippen LogP contribution in [0.25, 0.3) is 0 Å². The summed E-state index contributed by atoms with van der Waals surface area (Å²) in [7, 11) is 0. The number of hydrogen-bond acceptors (Lipinski definition) is 6. The van der Waals surface area contributed by atoms with E-state index in [-0.39, 0.29) is 18.1 Å². The summed E-state index contributed by atoms with van der Waals surface area (Å²) in [4.78, 5) is 19.0. The Morgan fingerprint density at radius 1 is 0.943 bits per heavy atom. The molecule has 0 bridgehead atoms. The van der Waals surface area contributed by atoms with Crippen LogP contribution in [0, 0.1) is 0 Å². The molecule has 1 N–H and O–H groups in total. The van der Waals surface area contributed by atoms with Gasteiger partial charge in [0.05, 0.1) is 36.7 Å². The molecule has 2 aliphatic rings. The van der Waals surface area contributed by atoms with E-state index < -0.39 is 11.7 Å². The number of para-hydroxylation sites is 1. The molecule has 2 aromatic carbocycles. The third kappa shape index (κ3) is 7.33. The van der Waals surface area contributed by atoms with Gasteiger partial charge in [0.2, 0.25) is 5.91 Å². The lowest BCUT2D eigenvalue weighted by atomic mass is 10.1. The number of piperazine rings is 1. The minimum absolute atomic E-state index is 0.132. The number of halogens is 3. The van der Waals surface area contributed by atoms with Gasteiger partial charge in [-0.05, 0) is 30.3 Å². The average molecular weight is 493 g/mol. The standard InChI is InChI=1S/C25H31F3N4O3/c26-25(27,28)20-6-7-23(32-13-15-34-16-14-32)22(18-20)29-24(33)19-31-10-8-30(9-11-31)12-17-35-21-4-2-1-3-5-21/h1-7,18H,8-17,19H2,(H,29,33). The predicted molar refractivity (Wildman–Crippen MR) is 128 cm³/mol. The van der Waals surface area contributed by atoms with Crippen LogP contribution in [0.1, 0.15) is 5.56 Å². The van der Waals surface area contributed by atoms with Crippen molar-refractivity contribution in [2.45, 2.75) is 6.18 Å². The summed E-state index contributed by atoms with van der Waals surface area (Å²) in [6.45, 7) is 6.63. The van der Waals surface area contributed by atoms with E-state index in [0.717, 1.165) is 37.5 Å². The molecule has 0 aliphatic carbocycles. The number of alkyl halides is 3. The number of hydrogen-bond donors (Lipinski definition) is 1. The summed E-state index contributed by atoms with van der Waals surface area (Å²) in [5, 5.41) is 2.73. The fraction of sp³-hybridized carbons (Fsp3) is 0.480. The van der Waals surface area contributed by atoms with Gasteiger partial charge in [-0.15, -0.1) is 0 Å². The Bertz CT molecular complexity index is 960. The fourth-order valence-electron chi connectivity index (χ4n) is 4.27. The molecule has 10 heteroatoms. The van der Waals surface area contributed by atoms with Gasteiger partial charge < -0.3 is 19.7 Å².